The molecular formula is C24H31FO2. The maximum absolute atomic E-state index is 12.7. The van der Waals surface area contributed by atoms with Crippen LogP contribution in [0.4, 0.5) is 4.39 Å². The summed E-state index contributed by atoms with van der Waals surface area (Å²) in [7, 11) is 0. The summed E-state index contributed by atoms with van der Waals surface area (Å²) in [5.41, 5.74) is 2.82. The van der Waals surface area contributed by atoms with Crippen LogP contribution in [-0.4, -0.2) is 18.7 Å². The molecule has 0 aromatic heterocycles. The van der Waals surface area contributed by atoms with E-state index in [0.717, 1.165) is 43.2 Å². The third kappa shape index (κ3) is 8.38. The van der Waals surface area contributed by atoms with Crippen molar-refractivity contribution in [2.24, 2.45) is 0 Å². The summed E-state index contributed by atoms with van der Waals surface area (Å²) < 4.78 is 18.0. The van der Waals surface area contributed by atoms with E-state index in [9.17, 15) is 9.18 Å². The van der Waals surface area contributed by atoms with Gasteiger partial charge in [-0.3, -0.25) is 0 Å². The average Bonchev–Trinajstić information content (AvgIpc) is 2.70. The summed E-state index contributed by atoms with van der Waals surface area (Å²) in [5.74, 6) is -0.255. The largest absolute Gasteiger partial charge is 0.462 e. The zero-order valence-corrected chi connectivity index (χ0v) is 16.3. The molecule has 1 unspecified atom stereocenters. The SMILES string of the molecule is CC(F)CCCCCCCCCOC(=O)c1ccc(-c2ccccc2)cc1. The molecule has 0 fully saturated rings. The van der Waals surface area contributed by atoms with E-state index in [1.54, 1.807) is 6.92 Å². The van der Waals surface area contributed by atoms with Crippen LogP contribution in [0, 0.1) is 0 Å². The fourth-order valence-electron chi connectivity index (χ4n) is 3.09. The normalized spacial score (nSPS) is 11.9. The number of hydrogen-bond donors (Lipinski definition) is 0. The summed E-state index contributed by atoms with van der Waals surface area (Å²) in [6, 6.07) is 17.6. The molecule has 0 heterocycles. The van der Waals surface area contributed by atoms with Crippen LogP contribution in [0.15, 0.2) is 54.6 Å². The molecule has 2 nitrogen and oxygen atoms in total. The molecule has 3 heteroatoms. The number of rotatable bonds is 12. The van der Waals surface area contributed by atoms with Crippen molar-refractivity contribution in [2.75, 3.05) is 6.61 Å². The van der Waals surface area contributed by atoms with Crippen molar-refractivity contribution < 1.29 is 13.9 Å². The van der Waals surface area contributed by atoms with Crippen molar-refractivity contribution in [3.8, 4) is 11.1 Å². The summed E-state index contributed by atoms with van der Waals surface area (Å²) >= 11 is 0. The van der Waals surface area contributed by atoms with Gasteiger partial charge in [0.25, 0.3) is 0 Å². The standard InChI is InChI=1S/C24H31FO2/c1-20(25)12-8-5-3-2-4-6-11-19-27-24(26)23-17-15-22(16-18-23)21-13-9-7-10-14-21/h7,9-10,13-18,20H,2-6,8,11-12,19H2,1H3. The maximum atomic E-state index is 12.7. The van der Waals surface area contributed by atoms with E-state index < -0.39 is 6.17 Å². The Labute approximate surface area is 162 Å². The number of carbonyl (C=O) groups excluding carboxylic acids is 1. The maximum Gasteiger partial charge on any atom is 0.338 e. The minimum absolute atomic E-state index is 0.255. The van der Waals surface area contributed by atoms with Gasteiger partial charge in [0.05, 0.1) is 18.3 Å². The zero-order chi connectivity index (χ0) is 19.3. The molecule has 0 aliphatic rings. The van der Waals surface area contributed by atoms with E-state index in [2.05, 4.69) is 12.1 Å². The molecule has 2 rings (SSSR count). The summed E-state index contributed by atoms with van der Waals surface area (Å²) in [4.78, 5) is 12.1. The van der Waals surface area contributed by atoms with Crippen molar-refractivity contribution in [3.05, 3.63) is 60.2 Å². The number of carbonyl (C=O) groups is 1. The van der Waals surface area contributed by atoms with E-state index in [1.165, 1.54) is 12.8 Å². The van der Waals surface area contributed by atoms with Gasteiger partial charge in [-0.15, -0.1) is 0 Å². The number of benzene rings is 2. The molecule has 0 bridgehead atoms. The third-order valence-corrected chi connectivity index (χ3v) is 4.71. The third-order valence-electron chi connectivity index (χ3n) is 4.71. The first-order valence-electron chi connectivity index (χ1n) is 10.1. The van der Waals surface area contributed by atoms with Gasteiger partial charge in [0.1, 0.15) is 0 Å². The first-order valence-corrected chi connectivity index (χ1v) is 10.1. The van der Waals surface area contributed by atoms with Gasteiger partial charge in [-0.25, -0.2) is 9.18 Å². The minimum atomic E-state index is -0.672. The Morgan fingerprint density at radius 2 is 1.37 bits per heavy atom. The molecule has 0 saturated heterocycles. The molecule has 0 N–H and O–H groups in total. The van der Waals surface area contributed by atoms with Gasteiger partial charge in [-0.1, -0.05) is 81.0 Å². The van der Waals surface area contributed by atoms with Crippen molar-refractivity contribution in [3.63, 3.8) is 0 Å². The molecule has 0 spiro atoms. The minimum Gasteiger partial charge on any atom is -0.462 e. The fourth-order valence-corrected chi connectivity index (χ4v) is 3.09. The molecule has 0 amide bonds. The lowest BCUT2D eigenvalue weighted by atomic mass is 10.0. The lowest BCUT2D eigenvalue weighted by Crippen LogP contribution is -2.06. The Bertz CT molecular complexity index is 650. The highest BCUT2D eigenvalue weighted by Gasteiger charge is 2.07. The highest BCUT2D eigenvalue weighted by atomic mass is 19.1. The topological polar surface area (TPSA) is 26.3 Å². The van der Waals surface area contributed by atoms with Crippen LogP contribution >= 0.6 is 0 Å². The smallest absolute Gasteiger partial charge is 0.338 e. The highest BCUT2D eigenvalue weighted by Crippen LogP contribution is 2.19. The van der Waals surface area contributed by atoms with Crippen molar-refractivity contribution in [1.29, 1.82) is 0 Å². The van der Waals surface area contributed by atoms with Crippen LogP contribution in [0.3, 0.4) is 0 Å². The molecule has 146 valence electrons. The van der Waals surface area contributed by atoms with Gasteiger partial charge < -0.3 is 4.74 Å². The van der Waals surface area contributed by atoms with Gasteiger partial charge in [-0.2, -0.15) is 0 Å². The predicted molar refractivity (Wildman–Crippen MR) is 110 cm³/mol. The van der Waals surface area contributed by atoms with Gasteiger partial charge in [0.2, 0.25) is 0 Å². The Morgan fingerprint density at radius 3 is 2.00 bits per heavy atom. The lowest BCUT2D eigenvalue weighted by molar-refractivity contribution is 0.0497. The van der Waals surface area contributed by atoms with Crippen LogP contribution < -0.4 is 0 Å². The molecule has 0 radical (unpaired) electrons. The fraction of sp³-hybridized carbons (Fsp3) is 0.458. The van der Waals surface area contributed by atoms with Crippen LogP contribution in [-0.2, 0) is 4.74 Å². The van der Waals surface area contributed by atoms with E-state index in [4.69, 9.17) is 4.74 Å². The van der Waals surface area contributed by atoms with Crippen molar-refractivity contribution in [2.45, 2.75) is 64.5 Å². The van der Waals surface area contributed by atoms with Gasteiger partial charge >= 0.3 is 5.97 Å². The molecule has 0 saturated carbocycles. The first kappa shape index (κ1) is 21.1. The van der Waals surface area contributed by atoms with E-state index in [-0.39, 0.29) is 5.97 Å². The number of hydrogen-bond acceptors (Lipinski definition) is 2. The second-order valence-corrected chi connectivity index (χ2v) is 7.12. The number of alkyl halides is 1. The summed E-state index contributed by atoms with van der Waals surface area (Å²) in [5, 5.41) is 0. The van der Waals surface area contributed by atoms with E-state index in [1.807, 2.05) is 42.5 Å². The Hall–Kier alpha value is -2.16. The molecule has 1 atom stereocenters. The second-order valence-electron chi connectivity index (χ2n) is 7.12. The second kappa shape index (κ2) is 12.3. The van der Waals surface area contributed by atoms with Crippen LogP contribution in [0.25, 0.3) is 11.1 Å². The van der Waals surface area contributed by atoms with Crippen molar-refractivity contribution in [1.82, 2.24) is 0 Å². The summed E-state index contributed by atoms with van der Waals surface area (Å²) in [6.45, 7) is 2.09. The first-order chi connectivity index (χ1) is 13.2. The van der Waals surface area contributed by atoms with Gasteiger partial charge in [-0.05, 0) is 43.0 Å². The van der Waals surface area contributed by atoms with E-state index in [0.29, 0.717) is 18.6 Å². The molecule has 27 heavy (non-hydrogen) atoms. The number of unbranched alkanes of at least 4 members (excludes halogenated alkanes) is 6. The quantitative estimate of drug-likeness (QED) is 0.297. The molecule has 2 aromatic rings. The van der Waals surface area contributed by atoms with Gasteiger partial charge in [0, 0.05) is 0 Å². The Balaban J connectivity index is 1.57. The average molecular weight is 371 g/mol. The number of esters is 1. The van der Waals surface area contributed by atoms with Crippen LogP contribution in [0.5, 0.6) is 0 Å². The van der Waals surface area contributed by atoms with Gasteiger partial charge in [0.15, 0.2) is 0 Å². The van der Waals surface area contributed by atoms with Crippen molar-refractivity contribution >= 4 is 5.97 Å². The van der Waals surface area contributed by atoms with E-state index >= 15 is 0 Å². The van der Waals surface area contributed by atoms with Crippen LogP contribution in [0.1, 0.15) is 68.6 Å². The zero-order valence-electron chi connectivity index (χ0n) is 16.3. The number of halogens is 1. The highest BCUT2D eigenvalue weighted by molar-refractivity contribution is 5.90. The molecular weight excluding hydrogens is 339 g/mol. The predicted octanol–water partition coefficient (Wildman–Crippen LogP) is 6.99. The summed E-state index contributed by atoms with van der Waals surface area (Å²) in [6.07, 6.45) is 7.57. The molecule has 2 aromatic carbocycles. The monoisotopic (exact) mass is 370 g/mol. The Morgan fingerprint density at radius 1 is 0.815 bits per heavy atom. The lowest BCUT2D eigenvalue weighted by Gasteiger charge is -2.06. The van der Waals surface area contributed by atoms with Crippen LogP contribution in [0.2, 0.25) is 0 Å². The Kier molecular flexibility index (Phi) is 9.61. The molecule has 0 aliphatic carbocycles. The molecule has 0 aliphatic heterocycles. The number of ether oxygens (including phenoxy) is 1.